The molecule has 3 heterocycles. The molecular formula is C27H22F3N3O4S. The first kappa shape index (κ1) is 24.5. The maximum atomic E-state index is 13.8. The Morgan fingerprint density at radius 2 is 1.89 bits per heavy atom. The molecule has 11 heteroatoms. The van der Waals surface area contributed by atoms with Crippen LogP contribution < -0.4 is 5.32 Å². The summed E-state index contributed by atoms with van der Waals surface area (Å²) in [5.41, 5.74) is 2.14. The third-order valence-corrected chi connectivity index (χ3v) is 8.06. The Morgan fingerprint density at radius 3 is 2.63 bits per heavy atom. The fourth-order valence-corrected chi connectivity index (χ4v) is 6.48. The quantitative estimate of drug-likeness (QED) is 0.303. The molecule has 0 saturated carbocycles. The van der Waals surface area contributed by atoms with E-state index in [2.05, 4.69) is 10.4 Å². The first-order chi connectivity index (χ1) is 18.3. The van der Waals surface area contributed by atoms with Crippen molar-refractivity contribution in [2.24, 2.45) is 0 Å². The number of aromatic nitrogens is 2. The summed E-state index contributed by atoms with van der Waals surface area (Å²) in [7, 11) is 0. The zero-order chi connectivity index (χ0) is 26.6. The molecule has 0 saturated heterocycles. The molecule has 0 spiro atoms. The summed E-state index contributed by atoms with van der Waals surface area (Å²) in [6, 6.07) is 7.80. The number of carbonyl (C=O) groups excluding carboxylic acids is 2. The smallest absolute Gasteiger partial charge is 0.435 e. The number of fused-ring (bicyclic) bond motifs is 4. The lowest BCUT2D eigenvalue weighted by Gasteiger charge is -2.15. The van der Waals surface area contributed by atoms with Crippen LogP contribution in [0.25, 0.3) is 16.9 Å². The molecule has 0 bridgehead atoms. The van der Waals surface area contributed by atoms with Crippen molar-refractivity contribution < 1.29 is 31.9 Å². The molecule has 0 atom stereocenters. The number of benzene rings is 1. The minimum Gasteiger partial charge on any atom is -0.469 e. The number of hydrogen-bond donors (Lipinski definition) is 1. The fourth-order valence-electron chi connectivity index (χ4n) is 5.20. The molecule has 0 aliphatic heterocycles. The van der Waals surface area contributed by atoms with Gasteiger partial charge in [0.05, 0.1) is 29.8 Å². The van der Waals surface area contributed by atoms with Gasteiger partial charge in [-0.25, -0.2) is 9.48 Å². The summed E-state index contributed by atoms with van der Waals surface area (Å²) >= 11 is 1.38. The maximum absolute atomic E-state index is 13.8. The molecule has 0 radical (unpaired) electrons. The lowest BCUT2D eigenvalue weighted by molar-refractivity contribution is -0.142. The van der Waals surface area contributed by atoms with Crippen molar-refractivity contribution in [3.05, 3.63) is 75.2 Å². The minimum atomic E-state index is -4.60. The van der Waals surface area contributed by atoms with Gasteiger partial charge in [-0.1, -0.05) is 0 Å². The van der Waals surface area contributed by atoms with Gasteiger partial charge in [-0.2, -0.15) is 18.3 Å². The van der Waals surface area contributed by atoms with Crippen LogP contribution in [0.5, 0.6) is 0 Å². The molecule has 1 amide bonds. The van der Waals surface area contributed by atoms with E-state index in [-0.39, 0.29) is 24.2 Å². The van der Waals surface area contributed by atoms with E-state index in [1.165, 1.54) is 34.4 Å². The Balaban J connectivity index is 1.32. The van der Waals surface area contributed by atoms with Crippen LogP contribution in [0.3, 0.4) is 0 Å². The van der Waals surface area contributed by atoms with Crippen LogP contribution >= 0.6 is 11.3 Å². The van der Waals surface area contributed by atoms with E-state index >= 15 is 0 Å². The van der Waals surface area contributed by atoms with Crippen LogP contribution in [0.2, 0.25) is 0 Å². The molecule has 0 unspecified atom stereocenters. The molecule has 7 nitrogen and oxygen atoms in total. The number of rotatable bonds is 5. The topological polar surface area (TPSA) is 86.4 Å². The standard InChI is InChI=1S/C27H22F3N3O4S/c1-2-36-26(35)21-17-4-3-5-20(17)38-25(21)31-24(34)14-6-8-15(9-7-14)33-22-16-12-13-37-19(16)11-10-18(22)23(32-33)27(28,29)30/h6-9,12-13H,2-5,10-11H2,1H3,(H,31,34). The first-order valence-electron chi connectivity index (χ1n) is 12.3. The maximum Gasteiger partial charge on any atom is 0.435 e. The number of nitrogens with zero attached hydrogens (tertiary/aromatic N) is 2. The van der Waals surface area contributed by atoms with Gasteiger partial charge in [-0.05, 0) is 68.5 Å². The van der Waals surface area contributed by atoms with Crippen LogP contribution in [-0.2, 0) is 36.6 Å². The average molecular weight is 542 g/mol. The number of carbonyl (C=O) groups is 2. The summed E-state index contributed by atoms with van der Waals surface area (Å²) in [5, 5.41) is 7.21. The predicted octanol–water partition coefficient (Wildman–Crippen LogP) is 6.23. The molecule has 2 aliphatic rings. The molecule has 3 aromatic heterocycles. The van der Waals surface area contributed by atoms with E-state index in [0.29, 0.717) is 39.7 Å². The van der Waals surface area contributed by atoms with Crippen LogP contribution in [0.1, 0.15) is 61.5 Å². The number of aryl methyl sites for hydroxylation is 2. The monoisotopic (exact) mass is 541 g/mol. The highest BCUT2D eigenvalue weighted by Crippen LogP contribution is 2.43. The van der Waals surface area contributed by atoms with E-state index in [0.717, 1.165) is 29.7 Å². The third-order valence-electron chi connectivity index (χ3n) is 6.86. The number of ether oxygens (including phenoxy) is 1. The summed E-state index contributed by atoms with van der Waals surface area (Å²) < 4.78 is 53.3. The SMILES string of the molecule is CCOC(=O)c1c(NC(=O)c2ccc(-n3nc(C(F)(F)F)c4c3-c3ccoc3CC4)cc2)sc2c1CCC2. The highest BCUT2D eigenvalue weighted by Gasteiger charge is 2.41. The van der Waals surface area contributed by atoms with Gasteiger partial charge in [0.15, 0.2) is 5.69 Å². The number of anilines is 1. The van der Waals surface area contributed by atoms with E-state index in [4.69, 9.17) is 9.15 Å². The number of alkyl halides is 3. The third kappa shape index (κ3) is 4.01. The molecule has 2 aliphatic carbocycles. The molecule has 1 N–H and O–H groups in total. The van der Waals surface area contributed by atoms with E-state index in [1.54, 1.807) is 25.1 Å². The summed E-state index contributed by atoms with van der Waals surface area (Å²) in [6.45, 7) is 1.96. The molecule has 0 fully saturated rings. The van der Waals surface area contributed by atoms with Crippen LogP contribution in [0.4, 0.5) is 18.2 Å². The number of halogens is 3. The van der Waals surface area contributed by atoms with Crippen LogP contribution in [0.15, 0.2) is 41.0 Å². The largest absolute Gasteiger partial charge is 0.469 e. The van der Waals surface area contributed by atoms with Crippen LogP contribution in [0, 0.1) is 0 Å². The molecule has 196 valence electrons. The Hall–Kier alpha value is -3.86. The van der Waals surface area contributed by atoms with E-state index < -0.39 is 23.7 Å². The van der Waals surface area contributed by atoms with Crippen molar-refractivity contribution in [3.8, 4) is 16.9 Å². The average Bonchev–Trinajstić information content (AvgIpc) is 3.65. The zero-order valence-corrected chi connectivity index (χ0v) is 21.1. The number of hydrogen-bond acceptors (Lipinski definition) is 6. The number of furan rings is 1. The van der Waals surface area contributed by atoms with E-state index in [1.807, 2.05) is 0 Å². The van der Waals surface area contributed by atoms with Crippen molar-refractivity contribution in [3.63, 3.8) is 0 Å². The van der Waals surface area contributed by atoms with Gasteiger partial charge in [-0.15, -0.1) is 11.3 Å². The highest BCUT2D eigenvalue weighted by molar-refractivity contribution is 7.17. The lowest BCUT2D eigenvalue weighted by atomic mass is 9.94. The van der Waals surface area contributed by atoms with Gasteiger partial charge in [0, 0.05) is 28.0 Å². The molecule has 1 aromatic carbocycles. The van der Waals surface area contributed by atoms with Gasteiger partial charge >= 0.3 is 12.1 Å². The van der Waals surface area contributed by atoms with Gasteiger partial charge in [-0.3, -0.25) is 4.79 Å². The van der Waals surface area contributed by atoms with Crippen molar-refractivity contribution in [1.82, 2.24) is 9.78 Å². The van der Waals surface area contributed by atoms with Crippen molar-refractivity contribution >= 4 is 28.2 Å². The fraction of sp³-hybridized carbons (Fsp3) is 0.296. The molecule has 4 aromatic rings. The first-order valence-corrected chi connectivity index (χ1v) is 13.1. The Kier molecular flexibility index (Phi) is 5.90. The van der Waals surface area contributed by atoms with Crippen LogP contribution in [-0.4, -0.2) is 28.3 Å². The van der Waals surface area contributed by atoms with Crippen molar-refractivity contribution in [2.45, 2.75) is 45.2 Å². The number of esters is 1. The number of amides is 1. The summed E-state index contributed by atoms with van der Waals surface area (Å²) in [6.07, 6.45) is -0.0456. The van der Waals surface area contributed by atoms with Gasteiger partial charge < -0.3 is 14.5 Å². The highest BCUT2D eigenvalue weighted by atomic mass is 32.1. The number of thiophene rings is 1. The molecular weight excluding hydrogens is 519 g/mol. The Morgan fingerprint density at radius 1 is 1.11 bits per heavy atom. The van der Waals surface area contributed by atoms with Crippen molar-refractivity contribution in [1.29, 1.82) is 0 Å². The summed E-state index contributed by atoms with van der Waals surface area (Å²) in [4.78, 5) is 26.7. The van der Waals surface area contributed by atoms with Crippen molar-refractivity contribution in [2.75, 3.05) is 11.9 Å². The minimum absolute atomic E-state index is 0.130. The molecule has 6 rings (SSSR count). The second-order valence-electron chi connectivity index (χ2n) is 9.13. The van der Waals surface area contributed by atoms with E-state index in [9.17, 15) is 22.8 Å². The zero-order valence-electron chi connectivity index (χ0n) is 20.3. The number of nitrogens with one attached hydrogen (secondary N) is 1. The second kappa shape index (κ2) is 9.16. The van der Waals surface area contributed by atoms with Gasteiger partial charge in [0.2, 0.25) is 0 Å². The Bertz CT molecular complexity index is 1560. The van der Waals surface area contributed by atoms with Gasteiger partial charge in [0.25, 0.3) is 5.91 Å². The predicted molar refractivity (Wildman–Crippen MR) is 134 cm³/mol. The Labute approximate surface area is 219 Å². The summed E-state index contributed by atoms with van der Waals surface area (Å²) in [5.74, 6) is -0.277. The molecule has 38 heavy (non-hydrogen) atoms. The normalized spacial score (nSPS) is 14.1. The van der Waals surface area contributed by atoms with Gasteiger partial charge in [0.1, 0.15) is 10.8 Å². The second-order valence-corrected chi connectivity index (χ2v) is 10.2. The lowest BCUT2D eigenvalue weighted by Crippen LogP contribution is -2.15.